The highest BCUT2D eigenvalue weighted by Crippen LogP contribution is 2.32. The van der Waals surface area contributed by atoms with Gasteiger partial charge in [0, 0.05) is 32.2 Å². The molecule has 4 rings (SSSR count). The molecule has 0 radical (unpaired) electrons. The Morgan fingerprint density at radius 2 is 1.96 bits per heavy atom. The van der Waals surface area contributed by atoms with Crippen molar-refractivity contribution in [3.05, 3.63) is 21.4 Å². The Morgan fingerprint density at radius 1 is 1.12 bits per heavy atom. The number of carbonyl (C=O) groups is 1. The second kappa shape index (κ2) is 7.54. The summed E-state index contributed by atoms with van der Waals surface area (Å²) in [4.78, 5) is 19.0. The summed E-state index contributed by atoms with van der Waals surface area (Å²) in [5.74, 6) is 0.307. The van der Waals surface area contributed by atoms with Gasteiger partial charge >= 0.3 is 0 Å². The molecule has 0 spiro atoms. The maximum atomic E-state index is 13.3. The Labute approximate surface area is 148 Å². The van der Waals surface area contributed by atoms with Gasteiger partial charge in [0.05, 0.1) is 18.1 Å². The minimum Gasteiger partial charge on any atom is -0.379 e. The van der Waals surface area contributed by atoms with Gasteiger partial charge in [-0.1, -0.05) is 0 Å². The zero-order chi connectivity index (χ0) is 16.4. The third-order valence-electron chi connectivity index (χ3n) is 5.76. The Bertz CT molecular complexity index is 580. The van der Waals surface area contributed by atoms with Crippen LogP contribution < -0.4 is 0 Å². The van der Waals surface area contributed by atoms with E-state index < -0.39 is 0 Å². The Balaban J connectivity index is 1.49. The van der Waals surface area contributed by atoms with Crippen molar-refractivity contribution in [2.45, 2.75) is 51.0 Å². The summed E-state index contributed by atoms with van der Waals surface area (Å²) in [5, 5.41) is 2.24. The maximum Gasteiger partial charge on any atom is 0.264 e. The van der Waals surface area contributed by atoms with E-state index in [-0.39, 0.29) is 0 Å². The molecule has 24 heavy (non-hydrogen) atoms. The minimum atomic E-state index is 0.307. The molecule has 1 aliphatic carbocycles. The molecule has 3 aliphatic rings. The molecular formula is C19H28N2O2S. The zero-order valence-electron chi connectivity index (χ0n) is 14.5. The van der Waals surface area contributed by atoms with Crippen LogP contribution in [0.15, 0.2) is 5.38 Å². The molecule has 0 N–H and O–H groups in total. The lowest BCUT2D eigenvalue weighted by Crippen LogP contribution is -2.51. The van der Waals surface area contributed by atoms with Crippen molar-refractivity contribution in [1.29, 1.82) is 0 Å². The highest BCUT2D eigenvalue weighted by Gasteiger charge is 2.32. The quantitative estimate of drug-likeness (QED) is 0.842. The molecule has 0 aromatic carbocycles. The van der Waals surface area contributed by atoms with E-state index in [1.54, 1.807) is 11.3 Å². The fourth-order valence-corrected chi connectivity index (χ4v) is 5.48. The van der Waals surface area contributed by atoms with Crippen molar-refractivity contribution in [2.24, 2.45) is 0 Å². The van der Waals surface area contributed by atoms with Crippen LogP contribution in [0, 0.1) is 0 Å². The van der Waals surface area contributed by atoms with Crippen LogP contribution in [0.4, 0.5) is 0 Å². The summed E-state index contributed by atoms with van der Waals surface area (Å²) in [6.07, 6.45) is 8.33. The van der Waals surface area contributed by atoms with E-state index in [2.05, 4.69) is 15.2 Å². The van der Waals surface area contributed by atoms with E-state index in [1.807, 2.05) is 0 Å². The van der Waals surface area contributed by atoms with Crippen LogP contribution in [-0.2, 0) is 17.6 Å². The maximum absolute atomic E-state index is 13.3. The summed E-state index contributed by atoms with van der Waals surface area (Å²) >= 11 is 1.69. The smallest absolute Gasteiger partial charge is 0.264 e. The van der Waals surface area contributed by atoms with Crippen molar-refractivity contribution < 1.29 is 9.53 Å². The molecule has 2 aliphatic heterocycles. The van der Waals surface area contributed by atoms with E-state index in [9.17, 15) is 4.79 Å². The van der Waals surface area contributed by atoms with Gasteiger partial charge in [-0.3, -0.25) is 9.69 Å². The average Bonchev–Trinajstić information content (AvgIpc) is 3.07. The van der Waals surface area contributed by atoms with Crippen molar-refractivity contribution in [2.75, 3.05) is 39.4 Å². The second-order valence-corrected chi connectivity index (χ2v) is 8.22. The van der Waals surface area contributed by atoms with Gasteiger partial charge in [-0.05, 0) is 61.5 Å². The number of nitrogens with zero attached hydrogens (tertiary/aromatic N) is 2. The van der Waals surface area contributed by atoms with Crippen LogP contribution in [0.1, 0.15) is 52.9 Å². The van der Waals surface area contributed by atoms with Crippen molar-refractivity contribution in [3.8, 4) is 0 Å². The third-order valence-corrected chi connectivity index (χ3v) is 6.82. The Hall–Kier alpha value is -0.910. The number of morpholine rings is 1. The number of hydrogen-bond acceptors (Lipinski definition) is 4. The van der Waals surface area contributed by atoms with Crippen LogP contribution in [-0.4, -0.2) is 61.1 Å². The number of likely N-dealkylation sites (tertiary alicyclic amines) is 1. The van der Waals surface area contributed by atoms with Crippen molar-refractivity contribution in [3.63, 3.8) is 0 Å². The van der Waals surface area contributed by atoms with Crippen molar-refractivity contribution in [1.82, 2.24) is 9.80 Å². The second-order valence-electron chi connectivity index (χ2n) is 7.34. The fraction of sp³-hybridized carbons (Fsp3) is 0.737. The normalized spacial score (nSPS) is 25.5. The zero-order valence-corrected chi connectivity index (χ0v) is 15.3. The van der Waals surface area contributed by atoms with Gasteiger partial charge in [-0.25, -0.2) is 0 Å². The van der Waals surface area contributed by atoms with E-state index in [0.29, 0.717) is 11.9 Å². The Morgan fingerprint density at radius 3 is 2.83 bits per heavy atom. The molecule has 1 aromatic rings. The lowest BCUT2D eigenvalue weighted by Gasteiger charge is -2.39. The number of carbonyl (C=O) groups excluding carboxylic acids is 1. The van der Waals surface area contributed by atoms with Crippen LogP contribution in [0.5, 0.6) is 0 Å². The monoisotopic (exact) mass is 348 g/mol. The SMILES string of the molecule is O=C(c1scc2c1CCCC2)N1CCCCC1CN1CCOCC1. The lowest BCUT2D eigenvalue weighted by atomic mass is 9.93. The van der Waals surface area contributed by atoms with Gasteiger partial charge in [0.2, 0.25) is 0 Å². The number of thiophene rings is 1. The molecular weight excluding hydrogens is 320 g/mol. The number of piperidine rings is 1. The summed E-state index contributed by atoms with van der Waals surface area (Å²) in [7, 11) is 0. The molecule has 1 aromatic heterocycles. The number of hydrogen-bond donors (Lipinski definition) is 0. The topological polar surface area (TPSA) is 32.8 Å². The van der Waals surface area contributed by atoms with E-state index in [1.165, 1.54) is 30.4 Å². The first kappa shape index (κ1) is 16.6. The predicted molar refractivity (Wildman–Crippen MR) is 96.9 cm³/mol. The van der Waals surface area contributed by atoms with E-state index in [4.69, 9.17) is 4.74 Å². The molecule has 1 amide bonds. The summed E-state index contributed by atoms with van der Waals surface area (Å²) < 4.78 is 5.46. The number of rotatable bonds is 3. The molecule has 2 fully saturated rings. The molecule has 2 saturated heterocycles. The van der Waals surface area contributed by atoms with E-state index >= 15 is 0 Å². The molecule has 0 saturated carbocycles. The highest BCUT2D eigenvalue weighted by molar-refractivity contribution is 7.12. The van der Waals surface area contributed by atoms with Gasteiger partial charge in [0.25, 0.3) is 5.91 Å². The fourth-order valence-electron chi connectivity index (χ4n) is 4.37. The summed E-state index contributed by atoms with van der Waals surface area (Å²) in [5.41, 5.74) is 2.81. The molecule has 132 valence electrons. The first-order chi connectivity index (χ1) is 11.8. The Kier molecular flexibility index (Phi) is 5.20. The summed E-state index contributed by atoms with van der Waals surface area (Å²) in [6, 6.07) is 0.380. The number of amides is 1. The lowest BCUT2D eigenvalue weighted by molar-refractivity contribution is 0.0167. The molecule has 5 heteroatoms. The number of fused-ring (bicyclic) bond motifs is 1. The van der Waals surface area contributed by atoms with Gasteiger partial charge < -0.3 is 9.64 Å². The molecule has 4 nitrogen and oxygen atoms in total. The third kappa shape index (κ3) is 3.39. The standard InChI is InChI=1S/C19H28N2O2S/c22-19(18-17-7-2-1-5-15(17)14-24-18)21-8-4-3-6-16(21)13-20-9-11-23-12-10-20/h14,16H,1-13H2. The predicted octanol–water partition coefficient (Wildman–Crippen LogP) is 2.95. The number of aryl methyl sites for hydroxylation is 1. The van der Waals surface area contributed by atoms with Gasteiger partial charge in [-0.15, -0.1) is 11.3 Å². The first-order valence-electron chi connectivity index (χ1n) is 9.53. The largest absolute Gasteiger partial charge is 0.379 e. The van der Waals surface area contributed by atoms with Crippen molar-refractivity contribution >= 4 is 17.2 Å². The molecule has 1 atom stereocenters. The van der Waals surface area contributed by atoms with Crippen LogP contribution >= 0.6 is 11.3 Å². The average molecular weight is 349 g/mol. The molecule has 1 unspecified atom stereocenters. The van der Waals surface area contributed by atoms with Crippen LogP contribution in [0.3, 0.4) is 0 Å². The van der Waals surface area contributed by atoms with Crippen LogP contribution in [0.25, 0.3) is 0 Å². The molecule has 0 bridgehead atoms. The van der Waals surface area contributed by atoms with Gasteiger partial charge in [-0.2, -0.15) is 0 Å². The van der Waals surface area contributed by atoms with E-state index in [0.717, 1.165) is 70.0 Å². The first-order valence-corrected chi connectivity index (χ1v) is 10.4. The number of ether oxygens (including phenoxy) is 1. The highest BCUT2D eigenvalue weighted by atomic mass is 32.1. The molecule has 3 heterocycles. The van der Waals surface area contributed by atoms with Crippen LogP contribution in [0.2, 0.25) is 0 Å². The van der Waals surface area contributed by atoms with Gasteiger partial charge in [0.15, 0.2) is 0 Å². The summed E-state index contributed by atoms with van der Waals surface area (Å²) in [6.45, 7) is 5.63. The minimum absolute atomic E-state index is 0.307. The van der Waals surface area contributed by atoms with Gasteiger partial charge in [0.1, 0.15) is 0 Å².